The molecule has 0 heterocycles. The van der Waals surface area contributed by atoms with Crippen LogP contribution in [0.1, 0.15) is 31.7 Å². The molecule has 0 saturated heterocycles. The van der Waals surface area contributed by atoms with Crippen molar-refractivity contribution in [2.45, 2.75) is 32.6 Å². The maximum Gasteiger partial charge on any atom is 0.0461 e. The summed E-state index contributed by atoms with van der Waals surface area (Å²) in [5, 5.41) is 0. The fraction of sp³-hybridized carbons (Fsp3) is 0.455. The van der Waals surface area contributed by atoms with Gasteiger partial charge in [0.15, 0.2) is 0 Å². The number of rotatable bonds is 4. The monoisotopic (exact) mass is 241 g/mol. The first kappa shape index (κ1) is 10.6. The average Bonchev–Trinajstić information content (AvgIpc) is 2.13. The zero-order chi connectivity index (χ0) is 9.68. The Morgan fingerprint density at radius 2 is 2.08 bits per heavy atom. The zero-order valence-electron chi connectivity index (χ0n) is 8.02. The maximum absolute atomic E-state index is 5.78. The second kappa shape index (κ2) is 5.28. The molecule has 13 heavy (non-hydrogen) atoms. The highest BCUT2D eigenvalue weighted by Gasteiger charge is 2.01. The number of aryl methyl sites for hydroxylation is 1. The molecule has 0 amide bonds. The predicted molar refractivity (Wildman–Crippen MR) is 61.8 cm³/mol. The van der Waals surface area contributed by atoms with Crippen LogP contribution in [0.25, 0.3) is 0 Å². The van der Waals surface area contributed by atoms with Gasteiger partial charge in [0, 0.05) is 10.2 Å². The van der Waals surface area contributed by atoms with E-state index in [1.165, 1.54) is 24.8 Å². The molecule has 2 N–H and O–H groups in total. The largest absolute Gasteiger partial charge is 0.398 e. The van der Waals surface area contributed by atoms with Crippen molar-refractivity contribution in [3.8, 4) is 0 Å². The summed E-state index contributed by atoms with van der Waals surface area (Å²) < 4.78 is 1.08. The third-order valence-corrected chi connectivity index (χ3v) is 3.13. The Hall–Kier alpha value is -0.500. The molecule has 0 aliphatic carbocycles. The fourth-order valence-corrected chi connectivity index (χ4v) is 1.82. The Balaban J connectivity index is 2.61. The summed E-state index contributed by atoms with van der Waals surface area (Å²) in [6, 6.07) is 6.07. The molecule has 0 unspecified atom stereocenters. The Kier molecular flexibility index (Phi) is 4.29. The number of hydrogen-bond acceptors (Lipinski definition) is 1. The van der Waals surface area contributed by atoms with E-state index in [2.05, 4.69) is 28.9 Å². The molecule has 72 valence electrons. The van der Waals surface area contributed by atoms with Crippen molar-refractivity contribution in [3.05, 3.63) is 28.2 Å². The molecule has 0 radical (unpaired) electrons. The lowest BCUT2D eigenvalue weighted by atomic mass is 10.1. The van der Waals surface area contributed by atoms with Crippen LogP contribution in [-0.2, 0) is 6.42 Å². The molecule has 1 aromatic carbocycles. The third-order valence-electron chi connectivity index (χ3n) is 2.16. The van der Waals surface area contributed by atoms with Crippen molar-refractivity contribution in [1.29, 1.82) is 0 Å². The molecular formula is C11H16BrN. The summed E-state index contributed by atoms with van der Waals surface area (Å²) in [4.78, 5) is 0. The first-order valence-corrected chi connectivity index (χ1v) is 5.58. The van der Waals surface area contributed by atoms with Crippen LogP contribution >= 0.6 is 15.9 Å². The predicted octanol–water partition coefficient (Wildman–Crippen LogP) is 3.76. The summed E-state index contributed by atoms with van der Waals surface area (Å²) in [5.41, 5.74) is 7.95. The number of benzene rings is 1. The van der Waals surface area contributed by atoms with Crippen LogP contribution in [0.5, 0.6) is 0 Å². The molecular weight excluding hydrogens is 226 g/mol. The smallest absolute Gasteiger partial charge is 0.0461 e. The van der Waals surface area contributed by atoms with Crippen LogP contribution in [0.4, 0.5) is 5.69 Å². The maximum atomic E-state index is 5.78. The lowest BCUT2D eigenvalue weighted by Gasteiger charge is -2.05. The van der Waals surface area contributed by atoms with Crippen LogP contribution in [0, 0.1) is 0 Å². The number of anilines is 1. The van der Waals surface area contributed by atoms with Gasteiger partial charge in [-0.05, 0) is 40.4 Å². The van der Waals surface area contributed by atoms with E-state index in [-0.39, 0.29) is 0 Å². The Morgan fingerprint density at radius 1 is 1.31 bits per heavy atom. The van der Waals surface area contributed by atoms with E-state index in [1.807, 2.05) is 12.1 Å². The van der Waals surface area contributed by atoms with Gasteiger partial charge in [0.1, 0.15) is 0 Å². The van der Waals surface area contributed by atoms with E-state index in [1.54, 1.807) is 0 Å². The molecule has 1 rings (SSSR count). The summed E-state index contributed by atoms with van der Waals surface area (Å²) in [6.45, 7) is 2.22. The summed E-state index contributed by atoms with van der Waals surface area (Å²) in [6.07, 6.45) is 4.93. The van der Waals surface area contributed by atoms with E-state index in [9.17, 15) is 0 Å². The Morgan fingerprint density at radius 3 is 2.77 bits per heavy atom. The average molecular weight is 242 g/mol. The van der Waals surface area contributed by atoms with Gasteiger partial charge in [-0.2, -0.15) is 0 Å². The van der Waals surface area contributed by atoms with Gasteiger partial charge in [0.25, 0.3) is 0 Å². The highest BCUT2D eigenvalue weighted by Crippen LogP contribution is 2.25. The van der Waals surface area contributed by atoms with Crippen LogP contribution < -0.4 is 5.73 Å². The van der Waals surface area contributed by atoms with Gasteiger partial charge >= 0.3 is 0 Å². The van der Waals surface area contributed by atoms with E-state index in [0.717, 1.165) is 16.6 Å². The fourth-order valence-electron chi connectivity index (χ4n) is 1.36. The van der Waals surface area contributed by atoms with Crippen molar-refractivity contribution in [2.24, 2.45) is 0 Å². The highest BCUT2D eigenvalue weighted by molar-refractivity contribution is 9.10. The molecule has 1 nitrogen and oxygen atoms in total. The number of halogens is 1. The minimum Gasteiger partial charge on any atom is -0.398 e. The van der Waals surface area contributed by atoms with Crippen molar-refractivity contribution in [3.63, 3.8) is 0 Å². The van der Waals surface area contributed by atoms with E-state index >= 15 is 0 Å². The van der Waals surface area contributed by atoms with Crippen molar-refractivity contribution in [1.82, 2.24) is 0 Å². The molecule has 0 fully saturated rings. The van der Waals surface area contributed by atoms with Crippen molar-refractivity contribution in [2.75, 3.05) is 5.73 Å². The van der Waals surface area contributed by atoms with E-state index in [4.69, 9.17) is 5.73 Å². The van der Waals surface area contributed by atoms with Gasteiger partial charge in [-0.3, -0.25) is 0 Å². The number of nitrogen functional groups attached to an aromatic ring is 1. The van der Waals surface area contributed by atoms with Gasteiger partial charge in [-0.25, -0.2) is 0 Å². The quantitative estimate of drug-likeness (QED) is 0.631. The van der Waals surface area contributed by atoms with Gasteiger partial charge in [0.2, 0.25) is 0 Å². The van der Waals surface area contributed by atoms with Gasteiger partial charge < -0.3 is 5.73 Å². The molecule has 0 saturated carbocycles. The minimum absolute atomic E-state index is 0.842. The molecule has 0 bridgehead atoms. The molecule has 2 heteroatoms. The normalized spacial score (nSPS) is 10.3. The van der Waals surface area contributed by atoms with E-state index in [0.29, 0.717) is 0 Å². The Labute approximate surface area is 88.5 Å². The van der Waals surface area contributed by atoms with Crippen LogP contribution in [0.15, 0.2) is 22.7 Å². The molecule has 0 aromatic heterocycles. The second-order valence-electron chi connectivity index (χ2n) is 3.28. The molecule has 0 aliphatic heterocycles. The standard InChI is InChI=1S/C11H16BrN/c1-2-3-4-6-9-7-5-8-10(13)11(9)12/h5,7-8H,2-4,6,13H2,1H3. The number of hydrogen-bond donors (Lipinski definition) is 1. The zero-order valence-corrected chi connectivity index (χ0v) is 9.60. The van der Waals surface area contributed by atoms with Crippen molar-refractivity contribution >= 4 is 21.6 Å². The first-order valence-electron chi connectivity index (χ1n) is 4.78. The third kappa shape index (κ3) is 3.03. The summed E-state index contributed by atoms with van der Waals surface area (Å²) >= 11 is 3.51. The molecule has 1 aromatic rings. The van der Waals surface area contributed by atoms with Crippen molar-refractivity contribution < 1.29 is 0 Å². The lowest BCUT2D eigenvalue weighted by Crippen LogP contribution is -1.92. The topological polar surface area (TPSA) is 26.0 Å². The van der Waals surface area contributed by atoms with Crippen LogP contribution in [-0.4, -0.2) is 0 Å². The van der Waals surface area contributed by atoms with Crippen LogP contribution in [0.3, 0.4) is 0 Å². The van der Waals surface area contributed by atoms with Gasteiger partial charge in [-0.15, -0.1) is 0 Å². The molecule has 0 atom stereocenters. The highest BCUT2D eigenvalue weighted by atomic mass is 79.9. The molecule has 0 aliphatic rings. The number of nitrogens with two attached hydrogens (primary N) is 1. The Bertz CT molecular complexity index is 271. The lowest BCUT2D eigenvalue weighted by molar-refractivity contribution is 0.716. The van der Waals surface area contributed by atoms with Gasteiger partial charge in [-0.1, -0.05) is 31.9 Å². The summed E-state index contributed by atoms with van der Waals surface area (Å²) in [5.74, 6) is 0. The SMILES string of the molecule is CCCCCc1cccc(N)c1Br. The second-order valence-corrected chi connectivity index (χ2v) is 4.07. The van der Waals surface area contributed by atoms with E-state index < -0.39 is 0 Å². The minimum atomic E-state index is 0.842. The summed E-state index contributed by atoms with van der Waals surface area (Å²) in [7, 11) is 0. The molecule has 0 spiro atoms. The van der Waals surface area contributed by atoms with Crippen LogP contribution in [0.2, 0.25) is 0 Å². The first-order chi connectivity index (χ1) is 6.25. The number of unbranched alkanes of at least 4 members (excludes halogenated alkanes) is 2. The van der Waals surface area contributed by atoms with Gasteiger partial charge in [0.05, 0.1) is 0 Å².